The second kappa shape index (κ2) is 5.95. The third kappa shape index (κ3) is 3.69. The van der Waals surface area contributed by atoms with E-state index in [0.717, 1.165) is 22.9 Å². The van der Waals surface area contributed by atoms with Crippen LogP contribution >= 0.6 is 0 Å². The maximum absolute atomic E-state index is 11.5. The van der Waals surface area contributed by atoms with Crippen molar-refractivity contribution in [3.8, 4) is 0 Å². The van der Waals surface area contributed by atoms with Crippen molar-refractivity contribution in [3.63, 3.8) is 0 Å². The zero-order chi connectivity index (χ0) is 13.7. The van der Waals surface area contributed by atoms with Crippen molar-refractivity contribution in [1.82, 2.24) is 4.57 Å². The Morgan fingerprint density at radius 2 is 2.22 bits per heavy atom. The van der Waals surface area contributed by atoms with Crippen molar-refractivity contribution in [2.24, 2.45) is 0 Å². The molecule has 0 amide bonds. The smallest absolute Gasteiger partial charge is 0.326 e. The maximum atomic E-state index is 11.5. The van der Waals surface area contributed by atoms with Gasteiger partial charge >= 0.3 is 5.97 Å². The Morgan fingerprint density at radius 1 is 1.56 bits per heavy atom. The van der Waals surface area contributed by atoms with E-state index in [2.05, 4.69) is 0 Å². The number of aromatic nitrogens is 1. The normalized spacial score (nSPS) is 11.9. The minimum absolute atomic E-state index is 0.244. The van der Waals surface area contributed by atoms with Gasteiger partial charge in [-0.1, -0.05) is 6.92 Å². The Kier molecular flexibility index (Phi) is 4.59. The molecule has 1 rings (SSSR count). The fourth-order valence-electron chi connectivity index (χ4n) is 1.23. The first kappa shape index (κ1) is 13.9. The van der Waals surface area contributed by atoms with Gasteiger partial charge in [-0.3, -0.25) is 24.3 Å². The second-order valence-electron chi connectivity index (χ2n) is 3.82. The van der Waals surface area contributed by atoms with Gasteiger partial charge in [0.15, 0.2) is 0 Å². The number of nitro groups is 1. The maximum Gasteiger partial charge on any atom is 0.326 e. The van der Waals surface area contributed by atoms with E-state index in [9.17, 15) is 19.7 Å². The molecular formula is C11H14N2O5. The zero-order valence-electron chi connectivity index (χ0n) is 10.2. The number of esters is 1. The predicted octanol–water partition coefficient (Wildman–Crippen LogP) is 1.10. The fourth-order valence-corrected chi connectivity index (χ4v) is 1.23. The summed E-state index contributed by atoms with van der Waals surface area (Å²) in [5.41, 5.74) is -0.729. The van der Waals surface area contributed by atoms with E-state index in [1.165, 1.54) is 0 Å². The van der Waals surface area contributed by atoms with Gasteiger partial charge in [-0.25, -0.2) is 0 Å². The first-order valence-electron chi connectivity index (χ1n) is 5.48. The van der Waals surface area contributed by atoms with Crippen LogP contribution in [0, 0.1) is 10.1 Å². The van der Waals surface area contributed by atoms with Crippen LogP contribution in [0.25, 0.3) is 0 Å². The van der Waals surface area contributed by atoms with E-state index in [-0.39, 0.29) is 18.3 Å². The van der Waals surface area contributed by atoms with Crippen LogP contribution in [-0.2, 0) is 16.1 Å². The number of carbonyl (C=O) groups excluding carboxylic acids is 1. The van der Waals surface area contributed by atoms with Crippen LogP contribution in [0.1, 0.15) is 20.3 Å². The molecule has 0 aromatic carbocycles. The molecular weight excluding hydrogens is 240 g/mol. The number of hydrogen-bond donors (Lipinski definition) is 0. The van der Waals surface area contributed by atoms with E-state index >= 15 is 0 Å². The lowest BCUT2D eigenvalue weighted by Gasteiger charge is -2.11. The summed E-state index contributed by atoms with van der Waals surface area (Å²) >= 11 is 0. The number of nitrogens with zero attached hydrogens (tertiary/aromatic N) is 2. The Hall–Kier alpha value is -2.18. The van der Waals surface area contributed by atoms with Crippen LogP contribution in [-0.4, -0.2) is 21.6 Å². The average molecular weight is 254 g/mol. The second-order valence-corrected chi connectivity index (χ2v) is 3.82. The molecule has 1 aromatic rings. The van der Waals surface area contributed by atoms with Gasteiger partial charge in [0.05, 0.1) is 17.2 Å². The minimum Gasteiger partial charge on any atom is -0.461 e. The lowest BCUT2D eigenvalue weighted by molar-refractivity contribution is -0.385. The molecule has 18 heavy (non-hydrogen) atoms. The van der Waals surface area contributed by atoms with E-state index in [4.69, 9.17) is 4.74 Å². The summed E-state index contributed by atoms with van der Waals surface area (Å²) in [5, 5.41) is 10.5. The van der Waals surface area contributed by atoms with Gasteiger partial charge in [-0.05, 0) is 13.3 Å². The molecule has 0 N–H and O–H groups in total. The molecule has 0 aliphatic heterocycles. The van der Waals surface area contributed by atoms with Crippen molar-refractivity contribution in [1.29, 1.82) is 0 Å². The summed E-state index contributed by atoms with van der Waals surface area (Å²) in [4.78, 5) is 32.8. The molecule has 0 radical (unpaired) electrons. The molecule has 0 fully saturated rings. The third-order valence-electron chi connectivity index (χ3n) is 2.39. The highest BCUT2D eigenvalue weighted by atomic mass is 16.6. The van der Waals surface area contributed by atoms with Crippen LogP contribution in [0.4, 0.5) is 5.69 Å². The van der Waals surface area contributed by atoms with Gasteiger partial charge in [0, 0.05) is 12.1 Å². The molecule has 1 unspecified atom stereocenters. The predicted molar refractivity (Wildman–Crippen MR) is 63.2 cm³/mol. The highest BCUT2D eigenvalue weighted by Gasteiger charge is 2.12. The molecule has 98 valence electrons. The number of pyridine rings is 1. The van der Waals surface area contributed by atoms with Gasteiger partial charge < -0.3 is 4.74 Å². The molecule has 1 atom stereocenters. The first-order chi connectivity index (χ1) is 8.43. The molecule has 1 aromatic heterocycles. The highest BCUT2D eigenvalue weighted by molar-refractivity contribution is 5.69. The van der Waals surface area contributed by atoms with E-state index in [1.807, 2.05) is 6.92 Å². The van der Waals surface area contributed by atoms with Crippen LogP contribution in [0.2, 0.25) is 0 Å². The van der Waals surface area contributed by atoms with Crippen molar-refractivity contribution in [2.75, 3.05) is 0 Å². The monoisotopic (exact) mass is 254 g/mol. The average Bonchev–Trinajstić information content (AvgIpc) is 2.31. The zero-order valence-corrected chi connectivity index (χ0v) is 10.2. The summed E-state index contributed by atoms with van der Waals surface area (Å²) in [6.45, 7) is 3.26. The molecule has 7 nitrogen and oxygen atoms in total. The summed E-state index contributed by atoms with van der Waals surface area (Å²) in [5.74, 6) is -0.591. The van der Waals surface area contributed by atoms with Crippen molar-refractivity contribution < 1.29 is 14.5 Å². The summed E-state index contributed by atoms with van der Waals surface area (Å²) in [6.07, 6.45) is 1.45. The molecule has 0 saturated heterocycles. The molecule has 7 heteroatoms. The number of rotatable bonds is 5. The molecule has 0 spiro atoms. The summed E-state index contributed by atoms with van der Waals surface area (Å²) in [7, 11) is 0. The SMILES string of the molecule is CCC(C)OC(=O)Cn1cc([N+](=O)[O-])ccc1=O. The number of hydrogen-bond acceptors (Lipinski definition) is 5. The molecule has 0 bridgehead atoms. The Morgan fingerprint density at radius 3 is 2.78 bits per heavy atom. The molecule has 0 aliphatic rings. The van der Waals surface area contributed by atoms with E-state index in [0.29, 0.717) is 6.42 Å². The van der Waals surface area contributed by atoms with Crippen LogP contribution < -0.4 is 5.56 Å². The van der Waals surface area contributed by atoms with Crippen molar-refractivity contribution >= 4 is 11.7 Å². The van der Waals surface area contributed by atoms with Gasteiger partial charge in [-0.15, -0.1) is 0 Å². The number of ether oxygens (including phenoxy) is 1. The van der Waals surface area contributed by atoms with Crippen LogP contribution in [0.3, 0.4) is 0 Å². The van der Waals surface area contributed by atoms with E-state index < -0.39 is 16.5 Å². The topological polar surface area (TPSA) is 91.4 Å². The van der Waals surface area contributed by atoms with Crippen LogP contribution in [0.5, 0.6) is 0 Å². The fraction of sp³-hybridized carbons (Fsp3) is 0.455. The van der Waals surface area contributed by atoms with Gasteiger partial charge in [-0.2, -0.15) is 0 Å². The largest absolute Gasteiger partial charge is 0.461 e. The minimum atomic E-state index is -0.629. The first-order valence-corrected chi connectivity index (χ1v) is 5.48. The summed E-state index contributed by atoms with van der Waals surface area (Å²) in [6, 6.07) is 2.15. The van der Waals surface area contributed by atoms with Crippen molar-refractivity contribution in [2.45, 2.75) is 32.9 Å². The van der Waals surface area contributed by atoms with Crippen LogP contribution in [0.15, 0.2) is 23.1 Å². The Bertz CT molecular complexity index is 508. The number of carbonyl (C=O) groups is 1. The van der Waals surface area contributed by atoms with E-state index in [1.54, 1.807) is 6.92 Å². The molecule has 0 saturated carbocycles. The Balaban J connectivity index is 2.84. The molecule has 1 heterocycles. The highest BCUT2D eigenvalue weighted by Crippen LogP contribution is 2.06. The lowest BCUT2D eigenvalue weighted by Crippen LogP contribution is -2.26. The lowest BCUT2D eigenvalue weighted by atomic mass is 10.3. The Labute approximate surface area is 103 Å². The van der Waals surface area contributed by atoms with Gasteiger partial charge in [0.25, 0.3) is 11.2 Å². The van der Waals surface area contributed by atoms with Gasteiger partial charge in [0.1, 0.15) is 6.54 Å². The standard InChI is InChI=1S/C11H14N2O5/c1-3-8(2)18-11(15)7-12-6-9(13(16)17)4-5-10(12)14/h4-6,8H,3,7H2,1-2H3. The van der Waals surface area contributed by atoms with Gasteiger partial charge in [0.2, 0.25) is 0 Å². The quantitative estimate of drug-likeness (QED) is 0.445. The van der Waals surface area contributed by atoms with Crippen molar-refractivity contribution in [3.05, 3.63) is 38.8 Å². The summed E-state index contributed by atoms with van der Waals surface area (Å²) < 4.78 is 5.95. The third-order valence-corrected chi connectivity index (χ3v) is 2.39. The molecule has 0 aliphatic carbocycles.